The first-order chi connectivity index (χ1) is 16.0. The Bertz CT molecular complexity index is 1170. The van der Waals surface area contributed by atoms with E-state index in [1.54, 1.807) is 24.4 Å². The Labute approximate surface area is 199 Å². The highest BCUT2D eigenvalue weighted by Crippen LogP contribution is 2.29. The van der Waals surface area contributed by atoms with Crippen LogP contribution in [0.2, 0.25) is 0 Å². The van der Waals surface area contributed by atoms with Crippen molar-refractivity contribution < 1.29 is 9.53 Å². The molecule has 0 bridgehead atoms. The van der Waals surface area contributed by atoms with E-state index in [1.165, 1.54) is 16.9 Å². The van der Waals surface area contributed by atoms with Gasteiger partial charge in [0.15, 0.2) is 0 Å². The van der Waals surface area contributed by atoms with E-state index >= 15 is 0 Å². The number of benzene rings is 2. The van der Waals surface area contributed by atoms with E-state index in [4.69, 9.17) is 4.74 Å². The van der Waals surface area contributed by atoms with Crippen molar-refractivity contribution in [3.63, 3.8) is 0 Å². The van der Waals surface area contributed by atoms with Gasteiger partial charge in [-0.3, -0.25) is 0 Å². The monoisotopic (exact) mass is 459 g/mol. The smallest absolute Gasteiger partial charge is 0.340 e. The van der Waals surface area contributed by atoms with Crippen molar-refractivity contribution in [2.75, 3.05) is 11.9 Å². The highest BCUT2D eigenvalue weighted by Gasteiger charge is 2.14. The normalized spacial score (nSPS) is 11.2. The van der Waals surface area contributed by atoms with Gasteiger partial charge in [0.1, 0.15) is 16.6 Å². The van der Waals surface area contributed by atoms with Gasteiger partial charge in [-0.15, -0.1) is 11.3 Å². The van der Waals surface area contributed by atoms with Crippen molar-refractivity contribution in [2.24, 2.45) is 0 Å². The molecule has 33 heavy (non-hydrogen) atoms. The maximum absolute atomic E-state index is 12.5. The van der Waals surface area contributed by atoms with E-state index in [-0.39, 0.29) is 5.97 Å². The zero-order valence-corrected chi connectivity index (χ0v) is 20.2. The number of allylic oxidation sites excluding steroid dienone is 1. The number of ether oxygens (including phenoxy) is 1. The summed E-state index contributed by atoms with van der Waals surface area (Å²) in [4.78, 5) is 17.2. The summed E-state index contributed by atoms with van der Waals surface area (Å²) in [6, 6.07) is 15.6. The molecular weight excluding hydrogens is 430 g/mol. The number of anilines is 1. The molecule has 0 aliphatic rings. The first kappa shape index (κ1) is 24.2. The first-order valence-corrected chi connectivity index (χ1v) is 12.1. The highest BCUT2D eigenvalue weighted by molar-refractivity contribution is 7.11. The molecule has 1 heterocycles. The largest absolute Gasteiger partial charge is 0.462 e. The van der Waals surface area contributed by atoms with Gasteiger partial charge >= 0.3 is 5.97 Å². The molecule has 0 aliphatic carbocycles. The van der Waals surface area contributed by atoms with E-state index in [0.29, 0.717) is 28.4 Å². The van der Waals surface area contributed by atoms with Gasteiger partial charge in [-0.1, -0.05) is 62.1 Å². The lowest BCUT2D eigenvalue weighted by atomic mass is 10.0. The van der Waals surface area contributed by atoms with Crippen LogP contribution in [0.3, 0.4) is 0 Å². The number of aryl methyl sites for hydroxylation is 2. The Morgan fingerprint density at radius 1 is 1.18 bits per heavy atom. The molecular formula is C27H29N3O2S. The SMILES string of the molecule is CCCCCCOC(=O)c1ccccc1N/C=C(\C#N)c1nc(-c2ccc(C)cc2C)cs1. The predicted molar refractivity (Wildman–Crippen MR) is 135 cm³/mol. The van der Waals surface area contributed by atoms with E-state index in [2.05, 4.69) is 55.3 Å². The fourth-order valence-electron chi connectivity index (χ4n) is 3.47. The van der Waals surface area contributed by atoms with Gasteiger partial charge in [0, 0.05) is 17.1 Å². The molecule has 0 radical (unpaired) electrons. The Morgan fingerprint density at radius 3 is 2.76 bits per heavy atom. The van der Waals surface area contributed by atoms with Crippen LogP contribution in [0, 0.1) is 25.2 Å². The lowest BCUT2D eigenvalue weighted by molar-refractivity contribution is 0.0499. The molecule has 170 valence electrons. The fraction of sp³-hybridized carbons (Fsp3) is 0.296. The third-order valence-corrected chi connectivity index (χ3v) is 6.14. The second-order valence-electron chi connectivity index (χ2n) is 7.91. The number of nitrogens with one attached hydrogen (secondary N) is 1. The van der Waals surface area contributed by atoms with Gasteiger partial charge in [0.05, 0.1) is 23.6 Å². The zero-order valence-electron chi connectivity index (χ0n) is 19.4. The molecule has 1 aromatic heterocycles. The van der Waals surface area contributed by atoms with Crippen molar-refractivity contribution in [1.29, 1.82) is 5.26 Å². The van der Waals surface area contributed by atoms with Crippen molar-refractivity contribution in [1.82, 2.24) is 4.98 Å². The number of thiazole rings is 1. The van der Waals surface area contributed by atoms with Crippen LogP contribution < -0.4 is 5.32 Å². The number of rotatable bonds is 10. The number of para-hydroxylation sites is 1. The number of nitriles is 1. The van der Waals surface area contributed by atoms with Gasteiger partial charge in [0.2, 0.25) is 0 Å². The number of aromatic nitrogens is 1. The Kier molecular flexibility index (Phi) is 8.79. The minimum atomic E-state index is -0.368. The molecule has 0 aliphatic heterocycles. The molecule has 1 N–H and O–H groups in total. The van der Waals surface area contributed by atoms with E-state index in [1.807, 2.05) is 11.4 Å². The lowest BCUT2D eigenvalue weighted by Crippen LogP contribution is -2.09. The summed E-state index contributed by atoms with van der Waals surface area (Å²) in [7, 11) is 0. The summed E-state index contributed by atoms with van der Waals surface area (Å²) in [5.74, 6) is -0.368. The molecule has 0 amide bonds. The van der Waals surface area contributed by atoms with Crippen LogP contribution in [0.25, 0.3) is 16.8 Å². The third kappa shape index (κ3) is 6.53. The Hall–Kier alpha value is -3.43. The van der Waals surface area contributed by atoms with Crippen LogP contribution in [0.15, 0.2) is 54.0 Å². The van der Waals surface area contributed by atoms with Crippen molar-refractivity contribution in [3.8, 4) is 17.3 Å². The van der Waals surface area contributed by atoms with Gasteiger partial charge in [-0.05, 0) is 38.0 Å². The summed E-state index contributed by atoms with van der Waals surface area (Å²) in [6.45, 7) is 6.68. The van der Waals surface area contributed by atoms with Crippen LogP contribution in [0.5, 0.6) is 0 Å². The van der Waals surface area contributed by atoms with Crippen LogP contribution >= 0.6 is 11.3 Å². The average Bonchev–Trinajstić information content (AvgIpc) is 3.29. The van der Waals surface area contributed by atoms with Gasteiger partial charge in [-0.2, -0.15) is 5.26 Å². The molecule has 0 fully saturated rings. The number of carbonyl (C=O) groups excluding carboxylic acids is 1. The molecule has 0 spiro atoms. The van der Waals surface area contributed by atoms with Crippen molar-refractivity contribution in [3.05, 3.63) is 75.7 Å². The summed E-state index contributed by atoms with van der Waals surface area (Å²) in [6.07, 6.45) is 5.78. The number of hydrogen-bond donors (Lipinski definition) is 1. The number of carbonyl (C=O) groups is 1. The molecule has 3 aromatic rings. The minimum absolute atomic E-state index is 0.368. The Balaban J connectivity index is 1.73. The van der Waals surface area contributed by atoms with E-state index in [9.17, 15) is 10.1 Å². The highest BCUT2D eigenvalue weighted by atomic mass is 32.1. The number of unbranched alkanes of at least 4 members (excludes halogenated alkanes) is 3. The molecule has 5 nitrogen and oxygen atoms in total. The second kappa shape index (κ2) is 12.0. The minimum Gasteiger partial charge on any atom is -0.462 e. The number of esters is 1. The summed E-state index contributed by atoms with van der Waals surface area (Å²) in [5.41, 5.74) is 5.69. The van der Waals surface area contributed by atoms with Gasteiger partial charge in [-0.25, -0.2) is 9.78 Å². The van der Waals surface area contributed by atoms with E-state index in [0.717, 1.165) is 42.5 Å². The lowest BCUT2D eigenvalue weighted by Gasteiger charge is -2.09. The summed E-state index contributed by atoms with van der Waals surface area (Å²) >= 11 is 1.42. The second-order valence-corrected chi connectivity index (χ2v) is 8.77. The maximum atomic E-state index is 12.5. The molecule has 6 heteroatoms. The van der Waals surface area contributed by atoms with Crippen LogP contribution in [0.1, 0.15) is 59.1 Å². The van der Waals surface area contributed by atoms with Crippen molar-refractivity contribution in [2.45, 2.75) is 46.5 Å². The number of nitrogens with zero attached hydrogens (tertiary/aromatic N) is 2. The van der Waals surface area contributed by atoms with E-state index < -0.39 is 0 Å². The Morgan fingerprint density at radius 2 is 2.00 bits per heavy atom. The maximum Gasteiger partial charge on any atom is 0.340 e. The van der Waals surface area contributed by atoms with Crippen LogP contribution in [0.4, 0.5) is 5.69 Å². The fourth-order valence-corrected chi connectivity index (χ4v) is 4.26. The topological polar surface area (TPSA) is 75.0 Å². The summed E-state index contributed by atoms with van der Waals surface area (Å²) in [5, 5.41) is 15.4. The molecule has 0 saturated heterocycles. The first-order valence-electron chi connectivity index (χ1n) is 11.2. The van der Waals surface area contributed by atoms with Crippen LogP contribution in [-0.2, 0) is 4.74 Å². The molecule has 0 saturated carbocycles. The standard InChI is InChI=1S/C27H29N3O2S/c1-4-5-6-9-14-32-27(31)23-10-7-8-11-24(23)29-17-21(16-28)26-30-25(18-33-26)22-13-12-19(2)15-20(22)3/h7-8,10-13,15,17-18,29H,4-6,9,14H2,1-3H3/b21-17+. The van der Waals surface area contributed by atoms with Crippen molar-refractivity contribution >= 4 is 28.6 Å². The quantitative estimate of drug-likeness (QED) is 0.198. The van der Waals surface area contributed by atoms with Gasteiger partial charge in [0.25, 0.3) is 0 Å². The molecule has 0 atom stereocenters. The molecule has 2 aromatic carbocycles. The zero-order chi connectivity index (χ0) is 23.6. The predicted octanol–water partition coefficient (Wildman–Crippen LogP) is 7.14. The number of hydrogen-bond acceptors (Lipinski definition) is 6. The molecule has 3 rings (SSSR count). The average molecular weight is 460 g/mol. The third-order valence-electron chi connectivity index (χ3n) is 5.26. The van der Waals surface area contributed by atoms with Gasteiger partial charge < -0.3 is 10.1 Å². The van der Waals surface area contributed by atoms with Crippen LogP contribution in [-0.4, -0.2) is 17.6 Å². The summed E-state index contributed by atoms with van der Waals surface area (Å²) < 4.78 is 5.43. The molecule has 0 unspecified atom stereocenters.